The van der Waals surface area contributed by atoms with Crippen molar-refractivity contribution in [3.05, 3.63) is 29.8 Å². The van der Waals surface area contributed by atoms with Crippen molar-refractivity contribution in [2.24, 2.45) is 5.92 Å². The Labute approximate surface area is 109 Å². The molecule has 0 saturated carbocycles. The summed E-state index contributed by atoms with van der Waals surface area (Å²) in [5.74, 6) is 0.411. The van der Waals surface area contributed by atoms with E-state index < -0.39 is 0 Å². The lowest BCUT2D eigenvalue weighted by molar-refractivity contribution is -0.135. The fourth-order valence-corrected chi connectivity index (χ4v) is 2.14. The van der Waals surface area contributed by atoms with Gasteiger partial charge in [0.05, 0.1) is 6.04 Å². The van der Waals surface area contributed by atoms with Crippen molar-refractivity contribution in [3.63, 3.8) is 0 Å². The van der Waals surface area contributed by atoms with E-state index in [0.717, 1.165) is 18.4 Å². The van der Waals surface area contributed by atoms with Gasteiger partial charge in [-0.15, -0.1) is 0 Å². The number of aromatic hydroxyl groups is 1. The molecule has 0 aliphatic rings. The summed E-state index contributed by atoms with van der Waals surface area (Å²) in [5, 5.41) is 9.82. The average molecular weight is 249 g/mol. The Kier molecular flexibility index (Phi) is 5.20. The molecule has 1 aromatic rings. The van der Waals surface area contributed by atoms with Crippen molar-refractivity contribution in [2.45, 2.75) is 39.7 Å². The van der Waals surface area contributed by atoms with E-state index in [1.165, 1.54) is 0 Å². The number of carbonyl (C=O) groups is 1. The van der Waals surface area contributed by atoms with E-state index in [2.05, 4.69) is 6.92 Å². The SMILES string of the molecule is CCCC(C)C(=O)N(C)C(C)c1ccccc1O. The van der Waals surface area contributed by atoms with Gasteiger partial charge in [-0.1, -0.05) is 38.5 Å². The number of carbonyl (C=O) groups excluding carboxylic acids is 1. The molecule has 2 unspecified atom stereocenters. The van der Waals surface area contributed by atoms with Crippen LogP contribution in [0.15, 0.2) is 24.3 Å². The van der Waals surface area contributed by atoms with Crippen molar-refractivity contribution in [1.29, 1.82) is 0 Å². The normalized spacial score (nSPS) is 14.0. The Balaban J connectivity index is 2.81. The Hall–Kier alpha value is -1.51. The quantitative estimate of drug-likeness (QED) is 0.869. The molecule has 0 radical (unpaired) electrons. The van der Waals surface area contributed by atoms with Gasteiger partial charge < -0.3 is 10.0 Å². The molecule has 0 aliphatic carbocycles. The standard InChI is InChI=1S/C15H23NO2/c1-5-8-11(2)15(18)16(4)12(3)13-9-6-7-10-14(13)17/h6-7,9-12,17H,5,8H2,1-4H3. The molecule has 2 atom stereocenters. The zero-order chi connectivity index (χ0) is 13.7. The highest BCUT2D eigenvalue weighted by Crippen LogP contribution is 2.28. The zero-order valence-corrected chi connectivity index (χ0v) is 11.7. The van der Waals surface area contributed by atoms with Gasteiger partial charge in [0, 0.05) is 18.5 Å². The number of hydrogen-bond acceptors (Lipinski definition) is 2. The third-order valence-corrected chi connectivity index (χ3v) is 3.46. The smallest absolute Gasteiger partial charge is 0.225 e. The number of phenols is 1. The Morgan fingerprint density at radius 3 is 2.50 bits per heavy atom. The van der Waals surface area contributed by atoms with Gasteiger partial charge in [-0.2, -0.15) is 0 Å². The third kappa shape index (κ3) is 3.25. The molecule has 1 N–H and O–H groups in total. The summed E-state index contributed by atoms with van der Waals surface area (Å²) in [6.07, 6.45) is 1.91. The van der Waals surface area contributed by atoms with Crippen LogP contribution in [0.3, 0.4) is 0 Å². The molecular weight excluding hydrogens is 226 g/mol. The minimum absolute atomic E-state index is 0.0355. The Morgan fingerprint density at radius 1 is 1.33 bits per heavy atom. The molecule has 1 aromatic carbocycles. The summed E-state index contributed by atoms with van der Waals surface area (Å²) in [6, 6.07) is 7.05. The fraction of sp³-hybridized carbons (Fsp3) is 0.533. The predicted octanol–water partition coefficient (Wildman–Crippen LogP) is 3.35. The number of hydrogen-bond donors (Lipinski definition) is 1. The van der Waals surface area contributed by atoms with Crippen LogP contribution in [-0.4, -0.2) is 23.0 Å². The summed E-state index contributed by atoms with van der Waals surface area (Å²) in [6.45, 7) is 5.97. The van der Waals surface area contributed by atoms with Gasteiger partial charge in [-0.3, -0.25) is 4.79 Å². The van der Waals surface area contributed by atoms with E-state index >= 15 is 0 Å². The number of benzene rings is 1. The van der Waals surface area contributed by atoms with Gasteiger partial charge in [0.2, 0.25) is 5.91 Å². The number of phenolic OH excluding ortho intramolecular Hbond substituents is 1. The molecule has 3 nitrogen and oxygen atoms in total. The van der Waals surface area contributed by atoms with Gasteiger partial charge in [-0.05, 0) is 19.4 Å². The van der Waals surface area contributed by atoms with Gasteiger partial charge in [0.25, 0.3) is 0 Å². The Morgan fingerprint density at radius 2 is 1.94 bits per heavy atom. The van der Waals surface area contributed by atoms with Crippen LogP contribution in [0.4, 0.5) is 0 Å². The molecule has 100 valence electrons. The summed E-state index contributed by atoms with van der Waals surface area (Å²) >= 11 is 0. The van der Waals surface area contributed by atoms with E-state index in [1.54, 1.807) is 24.1 Å². The van der Waals surface area contributed by atoms with Crippen molar-refractivity contribution in [1.82, 2.24) is 4.90 Å². The van der Waals surface area contributed by atoms with E-state index in [9.17, 15) is 9.90 Å². The van der Waals surface area contributed by atoms with Crippen LogP contribution in [0.2, 0.25) is 0 Å². The molecule has 0 bridgehead atoms. The molecule has 1 amide bonds. The second kappa shape index (κ2) is 6.43. The molecule has 0 fully saturated rings. The van der Waals surface area contributed by atoms with Gasteiger partial charge in [0.15, 0.2) is 0 Å². The first kappa shape index (κ1) is 14.6. The predicted molar refractivity (Wildman–Crippen MR) is 73.4 cm³/mol. The van der Waals surface area contributed by atoms with Crippen molar-refractivity contribution in [2.75, 3.05) is 7.05 Å². The maximum Gasteiger partial charge on any atom is 0.225 e. The number of rotatable bonds is 5. The lowest BCUT2D eigenvalue weighted by Gasteiger charge is -2.28. The highest BCUT2D eigenvalue weighted by atomic mass is 16.3. The topological polar surface area (TPSA) is 40.5 Å². The van der Waals surface area contributed by atoms with Crippen LogP contribution in [0.1, 0.15) is 45.2 Å². The molecular formula is C15H23NO2. The summed E-state index contributed by atoms with van der Waals surface area (Å²) in [5.41, 5.74) is 0.789. The first-order chi connectivity index (χ1) is 8.49. The minimum atomic E-state index is -0.113. The molecule has 0 saturated heterocycles. The number of para-hydroxylation sites is 1. The maximum absolute atomic E-state index is 12.2. The molecule has 18 heavy (non-hydrogen) atoms. The summed E-state index contributed by atoms with van der Waals surface area (Å²) in [4.78, 5) is 13.9. The van der Waals surface area contributed by atoms with Crippen molar-refractivity contribution >= 4 is 5.91 Å². The van der Waals surface area contributed by atoms with Crippen LogP contribution >= 0.6 is 0 Å². The second-order valence-corrected chi connectivity index (χ2v) is 4.87. The van der Waals surface area contributed by atoms with Crippen molar-refractivity contribution < 1.29 is 9.90 Å². The molecule has 1 rings (SSSR count). The first-order valence-corrected chi connectivity index (χ1v) is 6.53. The number of nitrogens with zero attached hydrogens (tertiary/aromatic N) is 1. The third-order valence-electron chi connectivity index (χ3n) is 3.46. The Bertz CT molecular complexity index is 403. The van der Waals surface area contributed by atoms with Gasteiger partial charge in [0.1, 0.15) is 5.75 Å². The van der Waals surface area contributed by atoms with Crippen LogP contribution < -0.4 is 0 Å². The van der Waals surface area contributed by atoms with E-state index in [-0.39, 0.29) is 23.6 Å². The molecule has 0 heterocycles. The zero-order valence-electron chi connectivity index (χ0n) is 11.7. The van der Waals surface area contributed by atoms with Gasteiger partial charge in [-0.25, -0.2) is 0 Å². The largest absolute Gasteiger partial charge is 0.508 e. The lowest BCUT2D eigenvalue weighted by Crippen LogP contribution is -2.33. The molecule has 3 heteroatoms. The van der Waals surface area contributed by atoms with Crippen LogP contribution in [0, 0.1) is 5.92 Å². The maximum atomic E-state index is 12.2. The van der Waals surface area contributed by atoms with Crippen molar-refractivity contribution in [3.8, 4) is 5.75 Å². The fourth-order valence-electron chi connectivity index (χ4n) is 2.14. The van der Waals surface area contributed by atoms with Gasteiger partial charge >= 0.3 is 0 Å². The monoisotopic (exact) mass is 249 g/mol. The van der Waals surface area contributed by atoms with E-state index in [0.29, 0.717) is 0 Å². The number of amides is 1. The highest BCUT2D eigenvalue weighted by molar-refractivity contribution is 5.78. The van der Waals surface area contributed by atoms with E-state index in [4.69, 9.17) is 0 Å². The second-order valence-electron chi connectivity index (χ2n) is 4.87. The molecule has 0 aromatic heterocycles. The molecule has 0 aliphatic heterocycles. The lowest BCUT2D eigenvalue weighted by atomic mass is 10.0. The minimum Gasteiger partial charge on any atom is -0.508 e. The highest BCUT2D eigenvalue weighted by Gasteiger charge is 2.23. The summed E-state index contributed by atoms with van der Waals surface area (Å²) in [7, 11) is 1.80. The first-order valence-electron chi connectivity index (χ1n) is 6.53. The summed E-state index contributed by atoms with van der Waals surface area (Å²) < 4.78 is 0. The van der Waals surface area contributed by atoms with E-state index in [1.807, 2.05) is 26.0 Å². The average Bonchev–Trinajstić information content (AvgIpc) is 2.37. The van der Waals surface area contributed by atoms with Crippen LogP contribution in [-0.2, 0) is 4.79 Å². The molecule has 0 spiro atoms. The van der Waals surface area contributed by atoms with Crippen LogP contribution in [0.25, 0.3) is 0 Å². The van der Waals surface area contributed by atoms with Crippen LogP contribution in [0.5, 0.6) is 5.75 Å².